The lowest BCUT2D eigenvalue weighted by atomic mass is 9.81. The summed E-state index contributed by atoms with van der Waals surface area (Å²) in [5.74, 6) is -1.65. The molecule has 0 unspecified atom stereocenters. The van der Waals surface area contributed by atoms with E-state index in [2.05, 4.69) is 0 Å². The van der Waals surface area contributed by atoms with Gasteiger partial charge in [-0.1, -0.05) is 36.4 Å². The molecule has 8 N–H and O–H groups in total. The van der Waals surface area contributed by atoms with Crippen LogP contribution in [0.15, 0.2) is 109 Å². The third kappa shape index (κ3) is 5.75. The molecule has 0 bridgehead atoms. The number of ether oxygens (including phenoxy) is 2. The fraction of sp³-hybridized carbons (Fsp3) is 0.0952. The standard InChI is InChI=1S/C42H32O10/c43-26-7-3-21(4-8-26)1-2-22-13-33(49)39-35(14-22)51-41(23-5-9-27(44)10-6-23)37(39)25-17-34(50)40-36(18-25)52-42(31-12-11-28(45)20-32(31)48)38(40)24-15-29(46)19-30(47)16-24/h1-20,37-38,41-50H/b2-1+/t37-,38-,41+,42+/m0/s1. The van der Waals surface area contributed by atoms with E-state index >= 15 is 0 Å². The SMILES string of the molecule is Oc1ccc(/C=C/c2cc(O)c3c(c2)O[C@H](c2ccc(O)cc2)[C@H]3c2cc(O)c3c(c2)O[C@H](c2ccc(O)cc2O)[C@H]3c2cc(O)cc(O)c2)cc1. The van der Waals surface area contributed by atoms with Crippen LogP contribution in [0, 0.1) is 0 Å². The van der Waals surface area contributed by atoms with Crippen LogP contribution in [0.2, 0.25) is 0 Å². The normalized spacial score (nSPS) is 18.8. The predicted molar refractivity (Wildman–Crippen MR) is 191 cm³/mol. The summed E-state index contributed by atoms with van der Waals surface area (Å²) in [6.45, 7) is 0. The Labute approximate surface area is 297 Å². The van der Waals surface area contributed by atoms with Gasteiger partial charge in [0, 0.05) is 28.8 Å². The van der Waals surface area contributed by atoms with Crippen LogP contribution in [-0.4, -0.2) is 40.9 Å². The summed E-state index contributed by atoms with van der Waals surface area (Å²) in [4.78, 5) is 0. The lowest BCUT2D eigenvalue weighted by Gasteiger charge is -2.22. The topological polar surface area (TPSA) is 180 Å². The molecule has 52 heavy (non-hydrogen) atoms. The molecule has 8 rings (SSSR count). The van der Waals surface area contributed by atoms with Gasteiger partial charge in [-0.2, -0.15) is 0 Å². The van der Waals surface area contributed by atoms with E-state index in [1.807, 2.05) is 12.2 Å². The average molecular weight is 697 g/mol. The van der Waals surface area contributed by atoms with Gasteiger partial charge in [0.25, 0.3) is 0 Å². The second-order valence-electron chi connectivity index (χ2n) is 13.0. The Kier molecular flexibility index (Phi) is 7.72. The molecule has 10 heteroatoms. The molecule has 0 amide bonds. The predicted octanol–water partition coefficient (Wildman–Crippen LogP) is 8.03. The van der Waals surface area contributed by atoms with Gasteiger partial charge in [-0.15, -0.1) is 0 Å². The second-order valence-corrected chi connectivity index (χ2v) is 13.0. The van der Waals surface area contributed by atoms with Gasteiger partial charge in [0.15, 0.2) is 0 Å². The monoisotopic (exact) mass is 696 g/mol. The van der Waals surface area contributed by atoms with Crippen molar-refractivity contribution in [3.63, 3.8) is 0 Å². The molecular weight excluding hydrogens is 664 g/mol. The minimum Gasteiger partial charge on any atom is -0.508 e. The average Bonchev–Trinajstić information content (AvgIpc) is 3.68. The summed E-state index contributed by atoms with van der Waals surface area (Å²) in [7, 11) is 0. The van der Waals surface area contributed by atoms with Crippen molar-refractivity contribution < 1.29 is 50.3 Å². The maximum absolute atomic E-state index is 11.8. The fourth-order valence-corrected chi connectivity index (χ4v) is 7.27. The Morgan fingerprint density at radius 1 is 0.385 bits per heavy atom. The van der Waals surface area contributed by atoms with Crippen LogP contribution in [0.4, 0.5) is 0 Å². The van der Waals surface area contributed by atoms with Crippen LogP contribution in [0.25, 0.3) is 12.2 Å². The maximum Gasteiger partial charge on any atom is 0.138 e. The highest BCUT2D eigenvalue weighted by molar-refractivity contribution is 5.73. The van der Waals surface area contributed by atoms with Crippen molar-refractivity contribution in [1.82, 2.24) is 0 Å². The van der Waals surface area contributed by atoms with Crippen LogP contribution in [0.1, 0.15) is 68.6 Å². The number of benzene rings is 6. The summed E-state index contributed by atoms with van der Waals surface area (Å²) < 4.78 is 13.0. The van der Waals surface area contributed by atoms with E-state index in [0.29, 0.717) is 44.7 Å². The Balaban J connectivity index is 1.25. The number of aromatic hydroxyl groups is 8. The van der Waals surface area contributed by atoms with Crippen LogP contribution in [-0.2, 0) is 0 Å². The molecule has 2 heterocycles. The van der Waals surface area contributed by atoms with Crippen LogP contribution in [0.5, 0.6) is 57.5 Å². The van der Waals surface area contributed by atoms with Crippen molar-refractivity contribution in [3.05, 3.63) is 154 Å². The summed E-state index contributed by atoms with van der Waals surface area (Å²) in [5, 5.41) is 84.7. The van der Waals surface area contributed by atoms with Gasteiger partial charge in [-0.25, -0.2) is 0 Å². The molecule has 0 radical (unpaired) electrons. The molecule has 6 aromatic carbocycles. The molecule has 260 valence electrons. The fourth-order valence-electron chi connectivity index (χ4n) is 7.27. The highest BCUT2D eigenvalue weighted by atomic mass is 16.5. The zero-order valence-corrected chi connectivity index (χ0v) is 27.3. The highest BCUT2D eigenvalue weighted by Gasteiger charge is 2.44. The molecule has 2 aliphatic heterocycles. The Morgan fingerprint density at radius 3 is 1.60 bits per heavy atom. The molecule has 10 nitrogen and oxygen atoms in total. The van der Waals surface area contributed by atoms with Crippen LogP contribution < -0.4 is 9.47 Å². The van der Waals surface area contributed by atoms with E-state index in [1.165, 1.54) is 48.5 Å². The Morgan fingerprint density at radius 2 is 0.923 bits per heavy atom. The van der Waals surface area contributed by atoms with E-state index < -0.39 is 24.0 Å². The van der Waals surface area contributed by atoms with Crippen LogP contribution in [0.3, 0.4) is 0 Å². The molecule has 4 atom stereocenters. The van der Waals surface area contributed by atoms with Crippen molar-refractivity contribution in [2.45, 2.75) is 24.0 Å². The zero-order chi connectivity index (χ0) is 36.3. The third-order valence-corrected chi connectivity index (χ3v) is 9.57. The smallest absolute Gasteiger partial charge is 0.138 e. The number of rotatable bonds is 6. The van der Waals surface area contributed by atoms with E-state index in [4.69, 9.17) is 9.47 Å². The minimum absolute atomic E-state index is 0.0463. The van der Waals surface area contributed by atoms with Gasteiger partial charge >= 0.3 is 0 Å². The van der Waals surface area contributed by atoms with Gasteiger partial charge in [-0.05, 0) is 101 Å². The summed E-state index contributed by atoms with van der Waals surface area (Å²) in [6, 6.07) is 28.0. The summed E-state index contributed by atoms with van der Waals surface area (Å²) in [5.41, 5.74) is 4.23. The lowest BCUT2D eigenvalue weighted by molar-refractivity contribution is 0.215. The van der Waals surface area contributed by atoms with E-state index in [0.717, 1.165) is 5.56 Å². The summed E-state index contributed by atoms with van der Waals surface area (Å²) in [6.07, 6.45) is 2.00. The van der Waals surface area contributed by atoms with E-state index in [1.54, 1.807) is 60.7 Å². The van der Waals surface area contributed by atoms with Crippen molar-refractivity contribution in [1.29, 1.82) is 0 Å². The van der Waals surface area contributed by atoms with Crippen LogP contribution >= 0.6 is 0 Å². The quantitative estimate of drug-likeness (QED) is 0.0795. The number of phenols is 8. The molecule has 6 aromatic rings. The second kappa shape index (κ2) is 12.4. The first-order valence-corrected chi connectivity index (χ1v) is 16.4. The number of hydrogen-bond acceptors (Lipinski definition) is 10. The molecule has 0 saturated heterocycles. The third-order valence-electron chi connectivity index (χ3n) is 9.57. The minimum atomic E-state index is -0.950. The zero-order valence-electron chi connectivity index (χ0n) is 27.3. The summed E-state index contributed by atoms with van der Waals surface area (Å²) >= 11 is 0. The Hall–Kier alpha value is -6.94. The highest BCUT2D eigenvalue weighted by Crippen LogP contribution is 2.59. The van der Waals surface area contributed by atoms with Crippen molar-refractivity contribution in [2.75, 3.05) is 0 Å². The number of fused-ring (bicyclic) bond motifs is 2. The van der Waals surface area contributed by atoms with Crippen molar-refractivity contribution >= 4 is 12.2 Å². The first kappa shape index (κ1) is 32.3. The van der Waals surface area contributed by atoms with Crippen molar-refractivity contribution in [3.8, 4) is 57.5 Å². The molecule has 0 aromatic heterocycles. The number of hydrogen-bond donors (Lipinski definition) is 8. The largest absolute Gasteiger partial charge is 0.508 e. The number of phenolic OH excluding ortho intramolecular Hbond substituents is 8. The Bertz CT molecular complexity index is 2350. The molecule has 0 spiro atoms. The van der Waals surface area contributed by atoms with E-state index in [-0.39, 0.29) is 51.7 Å². The maximum atomic E-state index is 11.8. The molecule has 0 fully saturated rings. The molecule has 0 aliphatic carbocycles. The lowest BCUT2D eigenvalue weighted by Crippen LogP contribution is -2.12. The van der Waals surface area contributed by atoms with Gasteiger partial charge in [0.1, 0.15) is 69.7 Å². The van der Waals surface area contributed by atoms with Gasteiger partial charge in [-0.3, -0.25) is 0 Å². The van der Waals surface area contributed by atoms with Gasteiger partial charge in [0.05, 0.1) is 11.8 Å². The first-order chi connectivity index (χ1) is 25.0. The van der Waals surface area contributed by atoms with Gasteiger partial charge < -0.3 is 50.3 Å². The van der Waals surface area contributed by atoms with E-state index in [9.17, 15) is 40.9 Å². The van der Waals surface area contributed by atoms with Crippen molar-refractivity contribution in [2.24, 2.45) is 0 Å². The molecule has 2 aliphatic rings. The molecular formula is C42H32O10. The first-order valence-electron chi connectivity index (χ1n) is 16.4. The molecule has 0 saturated carbocycles. The van der Waals surface area contributed by atoms with Gasteiger partial charge in [0.2, 0.25) is 0 Å².